The number of carbonyl (C=O) groups is 1. The molecular weight excluding hydrogens is 376 g/mol. The molecule has 0 unspecified atom stereocenters. The summed E-state index contributed by atoms with van der Waals surface area (Å²) < 4.78 is 10.2. The SMILES string of the molecule is CCC(C)(C)c1[nH]c2cc(OC)c(Cl)cc2c1Cc1cccc(C(=O)OC)n1. The number of aromatic amines is 1. The summed E-state index contributed by atoms with van der Waals surface area (Å²) in [6.07, 6.45) is 1.54. The number of nitrogens with zero attached hydrogens (tertiary/aromatic N) is 1. The van der Waals surface area contributed by atoms with E-state index in [0.29, 0.717) is 22.9 Å². The molecule has 0 saturated heterocycles. The second kappa shape index (κ2) is 7.84. The van der Waals surface area contributed by atoms with Crippen LogP contribution in [-0.2, 0) is 16.6 Å². The number of pyridine rings is 1. The van der Waals surface area contributed by atoms with Crippen LogP contribution in [0, 0.1) is 0 Å². The number of rotatable bonds is 6. The number of esters is 1. The topological polar surface area (TPSA) is 64.2 Å². The number of carbonyl (C=O) groups excluding carboxylic acids is 1. The summed E-state index contributed by atoms with van der Waals surface area (Å²) in [6.45, 7) is 6.58. The zero-order valence-corrected chi connectivity index (χ0v) is 17.6. The van der Waals surface area contributed by atoms with Crippen molar-refractivity contribution in [2.45, 2.75) is 39.0 Å². The Morgan fingerprint density at radius 3 is 2.64 bits per heavy atom. The molecule has 0 radical (unpaired) electrons. The Labute approximate surface area is 170 Å². The minimum Gasteiger partial charge on any atom is -0.495 e. The Balaban J connectivity index is 2.17. The summed E-state index contributed by atoms with van der Waals surface area (Å²) in [6, 6.07) is 9.25. The largest absolute Gasteiger partial charge is 0.495 e. The fraction of sp³-hybridized carbons (Fsp3) is 0.364. The molecule has 5 nitrogen and oxygen atoms in total. The summed E-state index contributed by atoms with van der Waals surface area (Å²) >= 11 is 6.41. The van der Waals surface area contributed by atoms with Gasteiger partial charge in [-0.1, -0.05) is 38.4 Å². The monoisotopic (exact) mass is 400 g/mol. The lowest BCUT2D eigenvalue weighted by atomic mass is 9.83. The van der Waals surface area contributed by atoms with Gasteiger partial charge >= 0.3 is 5.97 Å². The number of hydrogen-bond donors (Lipinski definition) is 1. The van der Waals surface area contributed by atoms with E-state index >= 15 is 0 Å². The number of halogens is 1. The molecule has 1 N–H and O–H groups in total. The molecule has 2 heterocycles. The van der Waals surface area contributed by atoms with Crippen LogP contribution >= 0.6 is 11.6 Å². The number of ether oxygens (including phenoxy) is 2. The standard InChI is InChI=1S/C22H25ClN2O3/c1-6-22(2,3)20-15(10-13-8-7-9-17(24-13)21(26)28-5)14-11-16(23)19(27-4)12-18(14)25-20/h7-9,11-12,25H,6,10H2,1-5H3. The van der Waals surface area contributed by atoms with Gasteiger partial charge in [0.2, 0.25) is 0 Å². The highest BCUT2D eigenvalue weighted by Gasteiger charge is 2.26. The van der Waals surface area contributed by atoms with E-state index < -0.39 is 5.97 Å². The maximum atomic E-state index is 11.8. The fourth-order valence-electron chi connectivity index (χ4n) is 3.32. The summed E-state index contributed by atoms with van der Waals surface area (Å²) in [5.41, 5.74) is 4.27. The van der Waals surface area contributed by atoms with Crippen LogP contribution in [0.1, 0.15) is 54.6 Å². The molecule has 0 aliphatic rings. The first-order chi connectivity index (χ1) is 13.3. The number of H-pyrrole nitrogens is 1. The lowest BCUT2D eigenvalue weighted by molar-refractivity contribution is 0.0593. The predicted octanol–water partition coefficient (Wildman–Crippen LogP) is 5.29. The van der Waals surface area contributed by atoms with Crippen LogP contribution < -0.4 is 4.74 Å². The number of aromatic nitrogens is 2. The normalized spacial score (nSPS) is 11.6. The van der Waals surface area contributed by atoms with Crippen molar-refractivity contribution in [2.24, 2.45) is 0 Å². The van der Waals surface area contributed by atoms with Gasteiger partial charge in [0.25, 0.3) is 0 Å². The minimum absolute atomic E-state index is 0.0615. The Kier molecular flexibility index (Phi) is 5.66. The van der Waals surface area contributed by atoms with Gasteiger partial charge in [0.1, 0.15) is 11.4 Å². The van der Waals surface area contributed by atoms with Crippen LogP contribution in [0.25, 0.3) is 10.9 Å². The van der Waals surface area contributed by atoms with Crippen LogP contribution in [0.4, 0.5) is 0 Å². The highest BCUT2D eigenvalue weighted by atomic mass is 35.5. The average molecular weight is 401 g/mol. The predicted molar refractivity (Wildman–Crippen MR) is 112 cm³/mol. The summed E-state index contributed by atoms with van der Waals surface area (Å²) in [5.74, 6) is 0.191. The smallest absolute Gasteiger partial charge is 0.356 e. The molecule has 148 valence electrons. The maximum absolute atomic E-state index is 11.8. The lowest BCUT2D eigenvalue weighted by Crippen LogP contribution is -2.18. The van der Waals surface area contributed by atoms with Crippen molar-refractivity contribution in [3.05, 3.63) is 58.0 Å². The second-order valence-electron chi connectivity index (χ2n) is 7.43. The molecule has 28 heavy (non-hydrogen) atoms. The number of benzene rings is 1. The van der Waals surface area contributed by atoms with Gasteiger partial charge < -0.3 is 14.5 Å². The second-order valence-corrected chi connectivity index (χ2v) is 7.84. The molecule has 0 amide bonds. The zero-order chi connectivity index (χ0) is 20.5. The number of fused-ring (bicyclic) bond motifs is 1. The van der Waals surface area contributed by atoms with Crippen LogP contribution in [0.15, 0.2) is 30.3 Å². The summed E-state index contributed by atoms with van der Waals surface area (Å²) in [5, 5.41) is 1.60. The third kappa shape index (κ3) is 3.72. The van der Waals surface area contributed by atoms with Crippen LogP contribution in [0.5, 0.6) is 5.75 Å². The van der Waals surface area contributed by atoms with Gasteiger partial charge in [-0.3, -0.25) is 0 Å². The molecule has 2 aromatic heterocycles. The molecule has 6 heteroatoms. The first-order valence-electron chi connectivity index (χ1n) is 9.23. The third-order valence-corrected chi connectivity index (χ3v) is 5.59. The van der Waals surface area contributed by atoms with Crippen molar-refractivity contribution in [1.82, 2.24) is 9.97 Å². The van der Waals surface area contributed by atoms with Crippen molar-refractivity contribution in [3.8, 4) is 5.75 Å². The Hall–Kier alpha value is -2.53. The quantitative estimate of drug-likeness (QED) is 0.571. The molecule has 0 fully saturated rings. The molecule has 0 spiro atoms. The maximum Gasteiger partial charge on any atom is 0.356 e. The molecule has 1 aromatic carbocycles. The van der Waals surface area contributed by atoms with E-state index in [9.17, 15) is 4.79 Å². The first kappa shape index (κ1) is 20.2. The van der Waals surface area contributed by atoms with E-state index in [1.54, 1.807) is 13.2 Å². The van der Waals surface area contributed by atoms with Crippen LogP contribution in [0.3, 0.4) is 0 Å². The molecule has 0 aliphatic carbocycles. The van der Waals surface area contributed by atoms with Gasteiger partial charge in [-0.25, -0.2) is 9.78 Å². The Morgan fingerprint density at radius 2 is 2.00 bits per heavy atom. The van der Waals surface area contributed by atoms with Gasteiger partial charge in [0.05, 0.1) is 19.2 Å². The van der Waals surface area contributed by atoms with E-state index in [0.717, 1.165) is 34.3 Å². The fourth-order valence-corrected chi connectivity index (χ4v) is 3.56. The number of methoxy groups -OCH3 is 2. The highest BCUT2D eigenvalue weighted by Crippen LogP contribution is 2.38. The van der Waals surface area contributed by atoms with Crippen LogP contribution in [-0.4, -0.2) is 30.2 Å². The molecule has 3 rings (SSSR count). The van der Waals surface area contributed by atoms with Crippen molar-refractivity contribution in [3.63, 3.8) is 0 Å². The van der Waals surface area contributed by atoms with Gasteiger partial charge in [0.15, 0.2) is 0 Å². The van der Waals surface area contributed by atoms with Gasteiger partial charge in [-0.05, 0) is 30.2 Å². The third-order valence-electron chi connectivity index (χ3n) is 5.30. The highest BCUT2D eigenvalue weighted by molar-refractivity contribution is 6.32. The molecule has 0 saturated carbocycles. The summed E-state index contributed by atoms with van der Waals surface area (Å²) in [7, 11) is 2.96. The molecule has 0 aliphatic heterocycles. The van der Waals surface area contributed by atoms with E-state index in [1.807, 2.05) is 24.3 Å². The summed E-state index contributed by atoms with van der Waals surface area (Å²) in [4.78, 5) is 19.9. The van der Waals surface area contributed by atoms with E-state index in [4.69, 9.17) is 21.1 Å². The van der Waals surface area contributed by atoms with Crippen molar-refractivity contribution in [1.29, 1.82) is 0 Å². The minimum atomic E-state index is -0.442. The van der Waals surface area contributed by atoms with E-state index in [-0.39, 0.29) is 5.41 Å². The average Bonchev–Trinajstić information content (AvgIpc) is 3.04. The molecule has 0 bridgehead atoms. The van der Waals surface area contributed by atoms with Crippen molar-refractivity contribution >= 4 is 28.5 Å². The molecular formula is C22H25ClN2O3. The van der Waals surface area contributed by atoms with Crippen molar-refractivity contribution < 1.29 is 14.3 Å². The van der Waals surface area contributed by atoms with Crippen molar-refractivity contribution in [2.75, 3.05) is 14.2 Å². The molecule has 0 atom stereocenters. The number of hydrogen-bond acceptors (Lipinski definition) is 4. The first-order valence-corrected chi connectivity index (χ1v) is 9.61. The molecule has 3 aromatic rings. The lowest BCUT2D eigenvalue weighted by Gasteiger charge is -2.23. The van der Waals surface area contributed by atoms with E-state index in [1.165, 1.54) is 7.11 Å². The Morgan fingerprint density at radius 1 is 1.25 bits per heavy atom. The van der Waals surface area contributed by atoms with E-state index in [2.05, 4.69) is 30.7 Å². The van der Waals surface area contributed by atoms with Gasteiger partial charge in [-0.2, -0.15) is 0 Å². The zero-order valence-electron chi connectivity index (χ0n) is 16.9. The van der Waals surface area contributed by atoms with Crippen LogP contribution in [0.2, 0.25) is 5.02 Å². The van der Waals surface area contributed by atoms with Gasteiger partial charge in [-0.15, -0.1) is 0 Å². The Bertz CT molecular complexity index is 1020. The van der Waals surface area contributed by atoms with Gasteiger partial charge in [0, 0.05) is 40.2 Å². The number of nitrogens with one attached hydrogen (secondary N) is 1.